The smallest absolute Gasteiger partial charge is 0.226 e. The number of amides is 1. The van der Waals surface area contributed by atoms with E-state index in [-0.39, 0.29) is 17.7 Å². The van der Waals surface area contributed by atoms with E-state index < -0.39 is 0 Å². The molecule has 1 amide bonds. The zero-order valence-electron chi connectivity index (χ0n) is 15.6. The first kappa shape index (κ1) is 17.5. The largest absolute Gasteiger partial charge is 0.366 e. The maximum Gasteiger partial charge on any atom is 0.226 e. The molecular weight excluding hydrogens is 370 g/mol. The van der Waals surface area contributed by atoms with E-state index in [9.17, 15) is 4.79 Å². The Morgan fingerprint density at radius 3 is 2.54 bits per heavy atom. The molecule has 0 N–H and O–H groups in total. The molecule has 0 spiro atoms. The van der Waals surface area contributed by atoms with Crippen LogP contribution in [-0.2, 0) is 4.79 Å². The molecule has 4 nitrogen and oxygen atoms in total. The summed E-state index contributed by atoms with van der Waals surface area (Å²) in [6.07, 6.45) is 4.75. The summed E-state index contributed by atoms with van der Waals surface area (Å²) in [4.78, 5) is 21.7. The number of fused-ring (bicyclic) bond motifs is 1. The molecule has 2 fully saturated rings. The van der Waals surface area contributed by atoms with Crippen LogP contribution in [0.15, 0.2) is 60.9 Å². The van der Waals surface area contributed by atoms with Gasteiger partial charge in [-0.15, -0.1) is 0 Å². The highest BCUT2D eigenvalue weighted by molar-refractivity contribution is 6.31. The van der Waals surface area contributed by atoms with E-state index in [0.29, 0.717) is 0 Å². The van der Waals surface area contributed by atoms with Gasteiger partial charge in [-0.2, -0.15) is 0 Å². The fourth-order valence-corrected chi connectivity index (χ4v) is 4.62. The first-order valence-corrected chi connectivity index (χ1v) is 10.2. The van der Waals surface area contributed by atoms with Gasteiger partial charge in [0.2, 0.25) is 5.91 Å². The molecule has 142 valence electrons. The highest BCUT2D eigenvalue weighted by Gasteiger charge is 2.46. The van der Waals surface area contributed by atoms with Crippen LogP contribution < -0.4 is 4.90 Å². The lowest BCUT2D eigenvalue weighted by molar-refractivity contribution is -0.132. The molecule has 5 rings (SSSR count). The molecule has 1 aliphatic heterocycles. The summed E-state index contributed by atoms with van der Waals surface area (Å²) in [5, 5.41) is 3.15. The molecular formula is C23H22ClN3O. The van der Waals surface area contributed by atoms with Crippen molar-refractivity contribution in [3.8, 4) is 0 Å². The molecule has 2 aromatic carbocycles. The number of halogens is 1. The number of rotatable bonds is 3. The number of hydrogen-bond donors (Lipinski definition) is 0. The molecule has 2 atom stereocenters. The van der Waals surface area contributed by atoms with Gasteiger partial charge in [-0.05, 0) is 24.0 Å². The van der Waals surface area contributed by atoms with E-state index in [4.69, 9.17) is 11.6 Å². The Morgan fingerprint density at radius 1 is 0.964 bits per heavy atom. The molecule has 1 saturated carbocycles. The van der Waals surface area contributed by atoms with Gasteiger partial charge in [0.15, 0.2) is 0 Å². The molecule has 1 aliphatic carbocycles. The highest BCUT2D eigenvalue weighted by Crippen LogP contribution is 2.50. The van der Waals surface area contributed by atoms with Crippen molar-refractivity contribution in [3.63, 3.8) is 0 Å². The van der Waals surface area contributed by atoms with Crippen molar-refractivity contribution in [3.05, 3.63) is 71.5 Å². The average Bonchev–Trinajstić information content (AvgIpc) is 3.54. The first-order valence-electron chi connectivity index (χ1n) is 9.83. The lowest BCUT2D eigenvalue weighted by Gasteiger charge is -2.36. The minimum Gasteiger partial charge on any atom is -0.366 e. The number of carbonyl (C=O) groups excluding carboxylic acids is 1. The molecule has 3 aromatic rings. The number of benzene rings is 2. The fraction of sp³-hybridized carbons (Fsp3) is 0.304. The van der Waals surface area contributed by atoms with Crippen molar-refractivity contribution in [2.24, 2.45) is 5.92 Å². The molecule has 1 aromatic heterocycles. The third kappa shape index (κ3) is 3.12. The van der Waals surface area contributed by atoms with Crippen LogP contribution in [0.25, 0.3) is 10.8 Å². The number of carbonyl (C=O) groups is 1. The minimum atomic E-state index is 0.0886. The summed E-state index contributed by atoms with van der Waals surface area (Å²) in [7, 11) is 0. The Hall–Kier alpha value is -2.59. The van der Waals surface area contributed by atoms with E-state index >= 15 is 0 Å². The van der Waals surface area contributed by atoms with Gasteiger partial charge < -0.3 is 9.80 Å². The predicted molar refractivity (Wildman–Crippen MR) is 113 cm³/mol. The summed E-state index contributed by atoms with van der Waals surface area (Å²) in [6, 6.07) is 16.2. The van der Waals surface area contributed by atoms with E-state index in [1.54, 1.807) is 0 Å². The van der Waals surface area contributed by atoms with Gasteiger partial charge >= 0.3 is 0 Å². The van der Waals surface area contributed by atoms with Crippen molar-refractivity contribution in [2.75, 3.05) is 31.1 Å². The van der Waals surface area contributed by atoms with Crippen molar-refractivity contribution in [1.82, 2.24) is 9.88 Å². The summed E-state index contributed by atoms with van der Waals surface area (Å²) in [5.74, 6) is 0.646. The standard InChI is InChI=1S/C23H22ClN3O/c24-21-8-4-3-7-18(21)19-13-20(19)23(28)27-11-9-26(10-12-27)22-15-25-14-16-5-1-2-6-17(16)22/h1-8,14-15,19-20H,9-13H2. The summed E-state index contributed by atoms with van der Waals surface area (Å²) in [5.41, 5.74) is 2.27. The Morgan fingerprint density at radius 2 is 1.71 bits per heavy atom. The molecule has 0 bridgehead atoms. The quantitative estimate of drug-likeness (QED) is 0.666. The number of anilines is 1. The Balaban J connectivity index is 1.25. The van der Waals surface area contributed by atoms with E-state index in [0.717, 1.165) is 54.3 Å². The predicted octanol–water partition coefficient (Wildman–Crippen LogP) is 4.34. The molecule has 1 saturated heterocycles. The number of pyridine rings is 1. The van der Waals surface area contributed by atoms with Gasteiger partial charge in [-0.25, -0.2) is 0 Å². The van der Waals surface area contributed by atoms with Gasteiger partial charge in [-0.1, -0.05) is 54.1 Å². The first-order chi connectivity index (χ1) is 13.7. The van der Waals surface area contributed by atoms with E-state index in [1.165, 1.54) is 5.39 Å². The third-order valence-corrected chi connectivity index (χ3v) is 6.34. The average molecular weight is 392 g/mol. The van der Waals surface area contributed by atoms with Gasteiger partial charge in [0.1, 0.15) is 0 Å². The number of aromatic nitrogens is 1. The number of hydrogen-bond acceptors (Lipinski definition) is 3. The number of piperazine rings is 1. The molecule has 0 radical (unpaired) electrons. The third-order valence-electron chi connectivity index (χ3n) is 5.99. The van der Waals surface area contributed by atoms with Crippen LogP contribution in [-0.4, -0.2) is 42.0 Å². The van der Waals surface area contributed by atoms with E-state index in [1.807, 2.05) is 47.6 Å². The molecule has 5 heteroatoms. The van der Waals surface area contributed by atoms with Crippen LogP contribution in [0, 0.1) is 5.92 Å². The van der Waals surface area contributed by atoms with E-state index in [2.05, 4.69) is 28.1 Å². The van der Waals surface area contributed by atoms with Crippen molar-refractivity contribution in [1.29, 1.82) is 0 Å². The van der Waals surface area contributed by atoms with Crippen LogP contribution in [0.5, 0.6) is 0 Å². The van der Waals surface area contributed by atoms with Crippen LogP contribution in [0.3, 0.4) is 0 Å². The fourth-order valence-electron chi connectivity index (χ4n) is 4.34. The monoisotopic (exact) mass is 391 g/mol. The zero-order valence-corrected chi connectivity index (χ0v) is 16.3. The van der Waals surface area contributed by atoms with Crippen LogP contribution in [0.2, 0.25) is 5.02 Å². The van der Waals surface area contributed by atoms with Crippen molar-refractivity contribution < 1.29 is 4.79 Å². The second-order valence-electron chi connectivity index (χ2n) is 7.66. The van der Waals surface area contributed by atoms with Gasteiger partial charge in [0.05, 0.1) is 11.9 Å². The Labute approximate surface area is 169 Å². The molecule has 2 aliphatic rings. The minimum absolute atomic E-state index is 0.0886. The summed E-state index contributed by atoms with van der Waals surface area (Å²) < 4.78 is 0. The van der Waals surface area contributed by atoms with Gasteiger partial charge in [-0.3, -0.25) is 9.78 Å². The van der Waals surface area contributed by atoms with Crippen LogP contribution >= 0.6 is 11.6 Å². The second kappa shape index (κ2) is 7.10. The Kier molecular flexibility index (Phi) is 4.44. The maximum absolute atomic E-state index is 13.0. The summed E-state index contributed by atoms with van der Waals surface area (Å²) in [6.45, 7) is 3.19. The highest BCUT2D eigenvalue weighted by atomic mass is 35.5. The number of nitrogens with zero attached hydrogens (tertiary/aromatic N) is 3. The van der Waals surface area contributed by atoms with Crippen LogP contribution in [0.1, 0.15) is 17.9 Å². The lowest BCUT2D eigenvalue weighted by atomic mass is 10.1. The second-order valence-corrected chi connectivity index (χ2v) is 8.07. The normalized spacial score (nSPS) is 21.8. The zero-order chi connectivity index (χ0) is 19.1. The Bertz CT molecular complexity index is 1020. The van der Waals surface area contributed by atoms with Crippen molar-refractivity contribution >= 4 is 34.0 Å². The lowest BCUT2D eigenvalue weighted by Crippen LogP contribution is -2.49. The molecule has 2 heterocycles. The maximum atomic E-state index is 13.0. The van der Waals surface area contributed by atoms with Gasteiger partial charge in [0.25, 0.3) is 0 Å². The topological polar surface area (TPSA) is 36.4 Å². The van der Waals surface area contributed by atoms with Crippen LogP contribution in [0.4, 0.5) is 5.69 Å². The summed E-state index contributed by atoms with van der Waals surface area (Å²) >= 11 is 6.31. The van der Waals surface area contributed by atoms with Gasteiger partial charge in [0, 0.05) is 54.1 Å². The SMILES string of the molecule is O=C(C1CC1c1ccccc1Cl)N1CCN(c2cncc3ccccc23)CC1. The molecule has 2 unspecified atom stereocenters. The molecule has 28 heavy (non-hydrogen) atoms. The van der Waals surface area contributed by atoms with Crippen molar-refractivity contribution in [2.45, 2.75) is 12.3 Å².